The zero-order valence-electron chi connectivity index (χ0n) is 7.48. The average Bonchev–Trinajstić information content (AvgIpc) is 2.06. The van der Waals surface area contributed by atoms with E-state index in [-0.39, 0.29) is 5.75 Å². The van der Waals surface area contributed by atoms with Gasteiger partial charge in [0.25, 0.3) is 0 Å². The molecule has 0 saturated carbocycles. The summed E-state index contributed by atoms with van der Waals surface area (Å²) in [6, 6.07) is 6.48. The van der Waals surface area contributed by atoms with Gasteiger partial charge in [0.1, 0.15) is 5.75 Å². The predicted molar refractivity (Wildman–Crippen MR) is 46.1 cm³/mol. The molecule has 0 fully saturated rings. The molecule has 1 aromatic rings. The molecule has 1 aromatic carbocycles. The monoisotopic (exact) mass is 204 g/mol. The van der Waals surface area contributed by atoms with E-state index in [0.29, 0.717) is 12.2 Å². The molecule has 0 unspecified atom stereocenters. The second-order valence-corrected chi connectivity index (χ2v) is 2.52. The van der Waals surface area contributed by atoms with Crippen LogP contribution in [0.2, 0.25) is 0 Å². The predicted octanol–water partition coefficient (Wildman–Crippen LogP) is 2.82. The molecule has 0 heterocycles. The van der Waals surface area contributed by atoms with Gasteiger partial charge in [0.05, 0.1) is 0 Å². The summed E-state index contributed by atoms with van der Waals surface area (Å²) in [5.74, 6) is -0.265. The quantitative estimate of drug-likeness (QED) is 0.817. The molecule has 1 rings (SSSR count). The number of benzene rings is 1. The van der Waals surface area contributed by atoms with Crippen molar-refractivity contribution < 1.29 is 17.9 Å². The Hall–Kier alpha value is -1.39. The highest BCUT2D eigenvalue weighted by Gasteiger charge is 2.30. The highest BCUT2D eigenvalue weighted by molar-refractivity contribution is 5.44. The van der Waals surface area contributed by atoms with Gasteiger partial charge in [-0.1, -0.05) is 0 Å². The van der Waals surface area contributed by atoms with Crippen LogP contribution in [-0.4, -0.2) is 12.9 Å². The summed E-state index contributed by atoms with van der Waals surface area (Å²) in [6.45, 7) is 2.57. The topological polar surface area (TPSA) is 21.3 Å². The van der Waals surface area contributed by atoms with E-state index in [1.54, 1.807) is 0 Å². The molecule has 0 atom stereocenters. The number of alkyl halides is 3. The molecule has 1 N–H and O–H groups in total. The second-order valence-electron chi connectivity index (χ2n) is 2.52. The maximum atomic E-state index is 11.7. The van der Waals surface area contributed by atoms with E-state index < -0.39 is 6.36 Å². The number of ether oxygens (including phenoxy) is 1. The fourth-order valence-corrected chi connectivity index (χ4v) is 0.908. The van der Waals surface area contributed by atoms with E-state index in [1.807, 2.05) is 6.92 Å². The molecule has 0 aliphatic rings. The summed E-state index contributed by atoms with van der Waals surface area (Å²) >= 11 is 0. The van der Waals surface area contributed by atoms with E-state index in [1.165, 1.54) is 12.1 Å². The molecule has 2 nitrogen and oxygen atoms in total. The van der Waals surface area contributed by atoms with Gasteiger partial charge in [-0.15, -0.1) is 13.2 Å². The van der Waals surface area contributed by atoms with E-state index in [0.717, 1.165) is 6.07 Å². The van der Waals surface area contributed by atoms with Gasteiger partial charge in [-0.3, -0.25) is 0 Å². The van der Waals surface area contributed by atoms with Crippen LogP contribution in [-0.2, 0) is 0 Å². The summed E-state index contributed by atoms with van der Waals surface area (Å²) in [4.78, 5) is 0. The number of halogens is 3. The third-order valence-electron chi connectivity index (χ3n) is 1.39. The zero-order chi connectivity index (χ0) is 10.6. The van der Waals surface area contributed by atoms with Crippen molar-refractivity contribution in [2.75, 3.05) is 11.9 Å². The largest absolute Gasteiger partial charge is 0.573 e. The number of nitrogens with one attached hydrogen (secondary N) is 1. The maximum Gasteiger partial charge on any atom is 0.573 e. The number of anilines is 1. The van der Waals surface area contributed by atoms with Gasteiger partial charge in [-0.25, -0.2) is 0 Å². The number of rotatable bonds is 3. The van der Waals surface area contributed by atoms with Crippen LogP contribution in [0.5, 0.6) is 5.75 Å². The molecule has 0 spiro atoms. The lowest BCUT2D eigenvalue weighted by Gasteiger charge is -2.09. The van der Waals surface area contributed by atoms with Crippen molar-refractivity contribution in [3.05, 3.63) is 24.3 Å². The van der Waals surface area contributed by atoms with Crippen molar-refractivity contribution in [1.29, 1.82) is 0 Å². The fourth-order valence-electron chi connectivity index (χ4n) is 0.908. The van der Waals surface area contributed by atoms with Crippen molar-refractivity contribution in [3.63, 3.8) is 0 Å². The van der Waals surface area contributed by atoms with Crippen molar-refractivity contribution in [3.8, 4) is 5.75 Å². The number of hydrogen-bond acceptors (Lipinski definition) is 2. The van der Waals surface area contributed by atoms with Gasteiger partial charge in [-0.2, -0.15) is 0 Å². The first-order chi connectivity index (χ1) is 6.51. The Labute approximate surface area is 79.7 Å². The van der Waals surface area contributed by atoms with Crippen molar-refractivity contribution in [2.45, 2.75) is 13.3 Å². The summed E-state index contributed by atoms with van der Waals surface area (Å²) in [6.07, 6.45) is -4.65. The van der Waals surface area contributed by atoms with Gasteiger partial charge < -0.3 is 10.1 Å². The lowest BCUT2D eigenvalue weighted by molar-refractivity contribution is -0.274. The Morgan fingerprint density at radius 1 is 1.43 bits per heavy atom. The lowest BCUT2D eigenvalue weighted by Crippen LogP contribution is -2.17. The summed E-state index contributed by atoms with van der Waals surface area (Å²) in [5, 5.41) is 2.91. The summed E-state index contributed by atoms with van der Waals surface area (Å²) in [5.41, 5.74) is 0.641. The van der Waals surface area contributed by atoms with Crippen LogP contribution in [0.4, 0.5) is 18.9 Å². The first-order valence-corrected chi connectivity index (χ1v) is 4.02. The van der Waals surface area contributed by atoms with Crippen LogP contribution in [0.1, 0.15) is 6.92 Å². The molecule has 0 aromatic heterocycles. The van der Waals surface area contributed by atoms with E-state index >= 15 is 0 Å². The Bertz CT molecular complexity index is 281. The molecule has 14 heavy (non-hydrogen) atoms. The van der Waals surface area contributed by atoms with Crippen LogP contribution in [0.25, 0.3) is 0 Å². The molecular weight excluding hydrogens is 195 g/mol. The summed E-state index contributed by atoms with van der Waals surface area (Å²) in [7, 11) is 0. The van der Waals surface area contributed by atoms with E-state index in [9.17, 15) is 13.2 Å². The first-order valence-electron chi connectivity index (χ1n) is 4.02. The molecule has 1 radical (unpaired) electrons. The minimum absolute atomic E-state index is 0.265. The van der Waals surface area contributed by atoms with Crippen LogP contribution in [0.3, 0.4) is 0 Å². The highest BCUT2D eigenvalue weighted by Crippen LogP contribution is 2.23. The minimum atomic E-state index is -4.65. The first kappa shape index (κ1) is 10.7. The Morgan fingerprint density at radius 3 is 2.57 bits per heavy atom. The van der Waals surface area contributed by atoms with Gasteiger partial charge >= 0.3 is 6.36 Å². The standard InChI is InChI=1S/C9H9F3NO/c1-2-13-7-3-5-8(6-4-7)14-9(10,11)12/h3,5-6,13H,2H2,1H3. The third kappa shape index (κ3) is 3.55. The van der Waals surface area contributed by atoms with Crippen LogP contribution < -0.4 is 10.1 Å². The maximum absolute atomic E-state index is 11.7. The fraction of sp³-hybridized carbons (Fsp3) is 0.333. The smallest absolute Gasteiger partial charge is 0.406 e. The lowest BCUT2D eigenvalue weighted by atomic mass is 10.3. The van der Waals surface area contributed by atoms with E-state index in [2.05, 4.69) is 16.1 Å². The molecule has 77 valence electrons. The zero-order valence-corrected chi connectivity index (χ0v) is 7.48. The molecule has 0 aliphatic carbocycles. The van der Waals surface area contributed by atoms with Gasteiger partial charge in [0.15, 0.2) is 0 Å². The average molecular weight is 204 g/mol. The molecular formula is C9H9F3NO. The summed E-state index contributed by atoms with van der Waals surface area (Å²) < 4.78 is 38.9. The third-order valence-corrected chi connectivity index (χ3v) is 1.39. The molecule has 0 aliphatic heterocycles. The second kappa shape index (κ2) is 4.21. The van der Waals surface area contributed by atoms with Crippen LogP contribution in [0, 0.1) is 6.07 Å². The molecule has 5 heteroatoms. The Balaban J connectivity index is 2.64. The van der Waals surface area contributed by atoms with E-state index in [4.69, 9.17) is 0 Å². The molecule has 0 saturated heterocycles. The van der Waals surface area contributed by atoms with Crippen LogP contribution >= 0.6 is 0 Å². The Kier molecular flexibility index (Phi) is 3.22. The van der Waals surface area contributed by atoms with Crippen LogP contribution in [0.15, 0.2) is 18.2 Å². The van der Waals surface area contributed by atoms with Gasteiger partial charge in [0.2, 0.25) is 0 Å². The van der Waals surface area contributed by atoms with Crippen molar-refractivity contribution in [1.82, 2.24) is 0 Å². The normalized spacial score (nSPS) is 11.1. The Morgan fingerprint density at radius 2 is 2.14 bits per heavy atom. The van der Waals surface area contributed by atoms with Crippen molar-refractivity contribution >= 4 is 5.69 Å². The molecule has 0 amide bonds. The minimum Gasteiger partial charge on any atom is -0.406 e. The van der Waals surface area contributed by atoms with Gasteiger partial charge in [-0.05, 0) is 25.1 Å². The van der Waals surface area contributed by atoms with Crippen molar-refractivity contribution in [2.24, 2.45) is 0 Å². The SMILES string of the molecule is CCNc1[c]cc(OC(F)(F)F)cc1. The molecule has 0 bridgehead atoms. The number of hydrogen-bond donors (Lipinski definition) is 1. The highest BCUT2D eigenvalue weighted by atomic mass is 19.4. The van der Waals surface area contributed by atoms with Gasteiger partial charge in [0, 0.05) is 18.3 Å².